The van der Waals surface area contributed by atoms with Crippen LogP contribution in [-0.2, 0) is 4.79 Å². The lowest BCUT2D eigenvalue weighted by Gasteiger charge is -2.37. The van der Waals surface area contributed by atoms with E-state index >= 15 is 0 Å². The van der Waals surface area contributed by atoms with Crippen molar-refractivity contribution >= 4 is 40.5 Å². The molecule has 4 N–H and O–H groups in total. The molecule has 0 saturated heterocycles. The van der Waals surface area contributed by atoms with Gasteiger partial charge in [-0.2, -0.15) is 5.10 Å². The zero-order valence-corrected chi connectivity index (χ0v) is 24.5. The van der Waals surface area contributed by atoms with Crippen LogP contribution in [0.4, 0.5) is 5.69 Å². The third-order valence-corrected chi connectivity index (χ3v) is 8.19. The molecular formula is C30H38Cl2N4O4. The number of anilines is 1. The van der Waals surface area contributed by atoms with Crippen LogP contribution in [0.2, 0.25) is 10.0 Å². The molecule has 1 aliphatic carbocycles. The predicted molar refractivity (Wildman–Crippen MR) is 160 cm³/mol. The number of allylic oxidation sites excluding steroid dienone is 2. The second-order valence-corrected chi connectivity index (χ2v) is 11.0. The number of rotatable bonds is 13. The number of amides is 1. The highest BCUT2D eigenvalue weighted by atomic mass is 35.5. The Balaban J connectivity index is 1.26. The molecule has 216 valence electrons. The number of hydrogen-bond donors (Lipinski definition) is 3. The van der Waals surface area contributed by atoms with E-state index in [1.165, 1.54) is 0 Å². The first-order valence-electron chi connectivity index (χ1n) is 13.7. The minimum Gasteiger partial charge on any atom is -0.493 e. The molecule has 0 saturated carbocycles. The number of nitrogens with one attached hydrogen (secondary N) is 1. The molecule has 2 aromatic rings. The number of benzene rings is 2. The zero-order valence-electron chi connectivity index (χ0n) is 23.0. The number of unbranched alkanes of at least 4 members (excludes halogenated alkanes) is 3. The number of hydrogen-bond acceptors (Lipinski definition) is 7. The molecule has 3 atom stereocenters. The minimum atomic E-state index is -0.725. The summed E-state index contributed by atoms with van der Waals surface area (Å²) in [6, 6.07) is 9.10. The second kappa shape index (κ2) is 14.2. The summed E-state index contributed by atoms with van der Waals surface area (Å²) in [6.45, 7) is 1.75. The van der Waals surface area contributed by atoms with Gasteiger partial charge in [0, 0.05) is 24.6 Å². The highest BCUT2D eigenvalue weighted by Crippen LogP contribution is 2.37. The molecular weight excluding hydrogens is 551 g/mol. The number of nitrogens with two attached hydrogens (primary N) is 1. The van der Waals surface area contributed by atoms with Crippen LogP contribution in [0.3, 0.4) is 0 Å². The number of halogens is 2. The fourth-order valence-corrected chi connectivity index (χ4v) is 5.78. The Morgan fingerprint density at radius 3 is 2.40 bits per heavy atom. The molecule has 8 nitrogen and oxygen atoms in total. The van der Waals surface area contributed by atoms with Crippen molar-refractivity contribution in [2.45, 2.75) is 44.6 Å². The second-order valence-electron chi connectivity index (χ2n) is 10.2. The maximum Gasteiger partial charge on any atom is 0.246 e. The topological polar surface area (TPSA) is 109 Å². The third kappa shape index (κ3) is 7.10. The first-order chi connectivity index (χ1) is 19.3. The normalized spacial score (nSPS) is 19.3. The quantitative estimate of drug-likeness (QED) is 0.159. The number of ether oxygens (including phenoxy) is 2. The maximum atomic E-state index is 13.3. The number of carbonyl (C=O) groups excluding carboxylic acids is 1. The van der Waals surface area contributed by atoms with Crippen molar-refractivity contribution in [1.82, 2.24) is 10.3 Å². The van der Waals surface area contributed by atoms with Gasteiger partial charge in [-0.15, -0.1) is 0 Å². The van der Waals surface area contributed by atoms with Gasteiger partial charge in [-0.25, -0.2) is 5.01 Å². The van der Waals surface area contributed by atoms with Crippen LogP contribution in [0.1, 0.15) is 55.8 Å². The molecule has 1 amide bonds. The molecule has 0 fully saturated rings. The Morgan fingerprint density at radius 1 is 1.02 bits per heavy atom. The van der Waals surface area contributed by atoms with E-state index in [0.717, 1.165) is 56.3 Å². The molecule has 0 bridgehead atoms. The molecule has 40 heavy (non-hydrogen) atoms. The summed E-state index contributed by atoms with van der Waals surface area (Å²) in [5.41, 5.74) is 8.60. The Hall–Kier alpha value is -2.78. The van der Waals surface area contributed by atoms with Gasteiger partial charge in [-0.3, -0.25) is 4.79 Å². The van der Waals surface area contributed by atoms with Gasteiger partial charge in [-0.1, -0.05) is 48.2 Å². The smallest absolute Gasteiger partial charge is 0.246 e. The van der Waals surface area contributed by atoms with Gasteiger partial charge in [0.25, 0.3) is 0 Å². The van der Waals surface area contributed by atoms with E-state index in [4.69, 9.17) is 43.5 Å². The molecule has 2 aliphatic rings. The van der Waals surface area contributed by atoms with Gasteiger partial charge in [0.05, 0.1) is 47.7 Å². The van der Waals surface area contributed by atoms with Crippen LogP contribution in [0.15, 0.2) is 47.6 Å². The van der Waals surface area contributed by atoms with Crippen molar-refractivity contribution in [2.75, 3.05) is 39.6 Å². The summed E-state index contributed by atoms with van der Waals surface area (Å²) in [5.74, 6) is 1.40. The number of aliphatic hydroxyl groups is 1. The van der Waals surface area contributed by atoms with E-state index in [2.05, 4.69) is 17.5 Å². The van der Waals surface area contributed by atoms with Crippen molar-refractivity contribution < 1.29 is 19.4 Å². The molecule has 2 aromatic carbocycles. The summed E-state index contributed by atoms with van der Waals surface area (Å²) >= 11 is 12.1. The lowest BCUT2D eigenvalue weighted by molar-refractivity contribution is -0.137. The Bertz CT molecular complexity index is 1230. The van der Waals surface area contributed by atoms with Crippen LogP contribution >= 0.6 is 23.2 Å². The molecule has 10 heteroatoms. The fourth-order valence-electron chi connectivity index (χ4n) is 5.28. The first-order valence-corrected chi connectivity index (χ1v) is 14.5. The average Bonchev–Trinajstić information content (AvgIpc) is 2.97. The first kappa shape index (κ1) is 30.2. The van der Waals surface area contributed by atoms with E-state index in [1.807, 2.05) is 18.2 Å². The molecule has 0 radical (unpaired) electrons. The van der Waals surface area contributed by atoms with Gasteiger partial charge in [-0.05, 0) is 68.1 Å². The highest BCUT2D eigenvalue weighted by Gasteiger charge is 2.40. The van der Waals surface area contributed by atoms with E-state index in [-0.39, 0.29) is 17.7 Å². The van der Waals surface area contributed by atoms with Crippen LogP contribution in [-0.4, -0.2) is 55.6 Å². The SMILES string of the molecule is COc1ccc(C2=NN(CCCCCCNCC(O)c3cc(Cl)c(N)c(Cl)c3)C(=O)C3CC=CCC23)cc1OC. The number of hydrazone groups is 1. The van der Waals surface area contributed by atoms with E-state index in [1.54, 1.807) is 31.4 Å². The average molecular weight is 590 g/mol. The van der Waals surface area contributed by atoms with Crippen molar-refractivity contribution in [3.05, 3.63) is 63.7 Å². The van der Waals surface area contributed by atoms with Crippen molar-refractivity contribution in [2.24, 2.45) is 16.9 Å². The van der Waals surface area contributed by atoms with Crippen LogP contribution in [0, 0.1) is 11.8 Å². The maximum absolute atomic E-state index is 13.3. The van der Waals surface area contributed by atoms with E-state index in [0.29, 0.717) is 45.9 Å². The molecule has 4 rings (SSSR count). The summed E-state index contributed by atoms with van der Waals surface area (Å²) in [6.07, 6.45) is 8.88. The lowest BCUT2D eigenvalue weighted by atomic mass is 9.76. The molecule has 0 spiro atoms. The molecule has 3 unspecified atom stereocenters. The molecule has 1 aliphatic heterocycles. The Morgan fingerprint density at radius 2 is 1.70 bits per heavy atom. The van der Waals surface area contributed by atoms with Crippen LogP contribution in [0.25, 0.3) is 0 Å². The number of methoxy groups -OCH3 is 2. The van der Waals surface area contributed by atoms with Gasteiger partial charge in [0.2, 0.25) is 5.91 Å². The number of nitrogen functional groups attached to an aromatic ring is 1. The summed E-state index contributed by atoms with van der Waals surface area (Å²) in [5, 5.41) is 20.9. The van der Waals surface area contributed by atoms with Gasteiger partial charge >= 0.3 is 0 Å². The van der Waals surface area contributed by atoms with Gasteiger partial charge in [0.1, 0.15) is 0 Å². The third-order valence-electron chi connectivity index (χ3n) is 7.56. The Labute approximate surface area is 246 Å². The monoisotopic (exact) mass is 588 g/mol. The van der Waals surface area contributed by atoms with E-state index in [9.17, 15) is 9.90 Å². The van der Waals surface area contributed by atoms with Crippen LogP contribution < -0.4 is 20.5 Å². The molecule has 1 heterocycles. The van der Waals surface area contributed by atoms with Crippen molar-refractivity contribution in [3.8, 4) is 11.5 Å². The van der Waals surface area contributed by atoms with Crippen molar-refractivity contribution in [1.29, 1.82) is 0 Å². The van der Waals surface area contributed by atoms with Crippen molar-refractivity contribution in [3.63, 3.8) is 0 Å². The standard InChI is InChI=1S/C30H38Cl2N4O4/c1-39-26-12-11-19(17-27(26)40-2)29-21-9-5-6-10-22(21)30(38)36(35-29)14-8-4-3-7-13-34-18-25(37)20-15-23(31)28(33)24(32)16-20/h5-6,11-12,15-17,21-22,25,34,37H,3-4,7-10,13-14,18,33H2,1-2H3. The van der Waals surface area contributed by atoms with E-state index < -0.39 is 6.10 Å². The highest BCUT2D eigenvalue weighted by molar-refractivity contribution is 6.38. The lowest BCUT2D eigenvalue weighted by Crippen LogP contribution is -2.45. The number of nitrogens with zero attached hydrogens (tertiary/aromatic N) is 2. The summed E-state index contributed by atoms with van der Waals surface area (Å²) < 4.78 is 10.9. The largest absolute Gasteiger partial charge is 0.493 e. The summed E-state index contributed by atoms with van der Waals surface area (Å²) in [4.78, 5) is 13.3. The summed E-state index contributed by atoms with van der Waals surface area (Å²) in [7, 11) is 3.24. The van der Waals surface area contributed by atoms with Gasteiger partial charge < -0.3 is 25.6 Å². The Kier molecular flexibility index (Phi) is 10.7. The zero-order chi connectivity index (χ0) is 28.6. The molecule has 0 aromatic heterocycles. The number of carbonyl (C=O) groups is 1. The number of fused-ring (bicyclic) bond motifs is 1. The fraction of sp³-hybridized carbons (Fsp3) is 0.467. The van der Waals surface area contributed by atoms with Gasteiger partial charge in [0.15, 0.2) is 11.5 Å². The van der Waals surface area contributed by atoms with Crippen LogP contribution in [0.5, 0.6) is 11.5 Å². The minimum absolute atomic E-state index is 0.0635. The number of aliphatic hydroxyl groups excluding tert-OH is 1. The predicted octanol–water partition coefficient (Wildman–Crippen LogP) is 5.61.